The van der Waals surface area contributed by atoms with Gasteiger partial charge in [-0.15, -0.1) is 0 Å². The van der Waals surface area contributed by atoms with Crippen LogP contribution in [-0.2, 0) is 6.54 Å². The number of amides is 1. The number of hydrogen-bond acceptors (Lipinski definition) is 4. The van der Waals surface area contributed by atoms with Gasteiger partial charge in [0.05, 0.1) is 12.1 Å². The average molecular weight is 438 g/mol. The third-order valence-electron chi connectivity index (χ3n) is 5.80. The van der Waals surface area contributed by atoms with E-state index in [4.69, 9.17) is 0 Å². The number of carbonyl (C=O) groups excluding carboxylic acids is 2. The van der Waals surface area contributed by atoms with Crippen LogP contribution < -0.4 is 0 Å². The number of hydrogen-bond donors (Lipinski definition) is 1. The number of imidazole rings is 1. The molecular weight excluding hydrogens is 414 g/mol. The minimum atomic E-state index is -0.235. The Hall–Kier alpha value is -4.26. The monoisotopic (exact) mass is 437 g/mol. The number of rotatable bonds is 5. The largest absolute Gasteiger partial charge is 0.350 e. The molecule has 0 fully saturated rings. The van der Waals surface area contributed by atoms with Crippen molar-refractivity contribution in [1.29, 1.82) is 0 Å². The lowest BCUT2D eigenvalue weighted by molar-refractivity contribution is 0.0817. The molecule has 0 saturated heterocycles. The molecule has 0 aliphatic heterocycles. The average Bonchev–Trinajstić information content (AvgIpc) is 3.36. The van der Waals surface area contributed by atoms with Crippen LogP contribution in [0.1, 0.15) is 37.8 Å². The van der Waals surface area contributed by atoms with Crippen LogP contribution in [0.15, 0.2) is 66.9 Å². The first kappa shape index (κ1) is 20.6. The second kappa shape index (κ2) is 8.02. The molecule has 0 unspecified atom stereocenters. The summed E-state index contributed by atoms with van der Waals surface area (Å²) in [4.78, 5) is 39.9. The second-order valence-electron chi connectivity index (χ2n) is 8.24. The molecule has 1 amide bonds. The fraction of sp³-hybridized carbons (Fsp3) is 0.154. The van der Waals surface area contributed by atoms with Gasteiger partial charge in [-0.2, -0.15) is 0 Å². The predicted molar refractivity (Wildman–Crippen MR) is 128 cm³/mol. The molecule has 0 atom stereocenters. The van der Waals surface area contributed by atoms with Crippen molar-refractivity contribution in [2.24, 2.45) is 0 Å². The number of nitrogens with one attached hydrogen (secondary N) is 1. The summed E-state index contributed by atoms with van der Waals surface area (Å²) in [6, 6.07) is 18.8. The van der Waals surface area contributed by atoms with E-state index < -0.39 is 0 Å². The van der Waals surface area contributed by atoms with Gasteiger partial charge in [-0.25, -0.2) is 9.97 Å². The number of H-pyrrole nitrogens is 1. The normalized spacial score (nSPS) is 11.2. The molecule has 0 aliphatic rings. The van der Waals surface area contributed by atoms with Gasteiger partial charge in [-0.3, -0.25) is 9.59 Å². The van der Waals surface area contributed by atoms with Crippen molar-refractivity contribution in [1.82, 2.24) is 24.4 Å². The summed E-state index contributed by atoms with van der Waals surface area (Å²) < 4.78 is 2.06. The number of ketones is 1. The van der Waals surface area contributed by atoms with Gasteiger partial charge in [0.15, 0.2) is 11.4 Å². The maximum Gasteiger partial charge on any atom is 0.270 e. The molecule has 0 aliphatic carbocycles. The highest BCUT2D eigenvalue weighted by Crippen LogP contribution is 2.26. The van der Waals surface area contributed by atoms with E-state index >= 15 is 0 Å². The van der Waals surface area contributed by atoms with Crippen LogP contribution >= 0.6 is 0 Å². The van der Waals surface area contributed by atoms with E-state index in [0.29, 0.717) is 23.4 Å². The lowest BCUT2D eigenvalue weighted by Crippen LogP contribution is -2.24. The fourth-order valence-electron chi connectivity index (χ4n) is 4.11. The third kappa shape index (κ3) is 3.57. The van der Waals surface area contributed by atoms with Gasteiger partial charge >= 0.3 is 0 Å². The van der Waals surface area contributed by atoms with Gasteiger partial charge in [0.1, 0.15) is 17.0 Å². The first-order chi connectivity index (χ1) is 15.9. The Morgan fingerprint density at radius 2 is 1.76 bits per heavy atom. The molecule has 5 aromatic rings. The summed E-state index contributed by atoms with van der Waals surface area (Å²) in [5.74, 6) is 0.464. The molecule has 0 radical (unpaired) electrons. The van der Waals surface area contributed by atoms with E-state index in [-0.39, 0.29) is 11.7 Å². The number of para-hydroxylation sites is 1. The van der Waals surface area contributed by atoms with Crippen molar-refractivity contribution < 1.29 is 9.59 Å². The summed E-state index contributed by atoms with van der Waals surface area (Å²) in [5.41, 5.74) is 4.72. The molecule has 3 aromatic heterocycles. The van der Waals surface area contributed by atoms with Crippen LogP contribution in [0.4, 0.5) is 0 Å². The van der Waals surface area contributed by atoms with E-state index in [0.717, 1.165) is 33.5 Å². The minimum Gasteiger partial charge on any atom is -0.350 e. The van der Waals surface area contributed by atoms with E-state index in [9.17, 15) is 9.59 Å². The van der Waals surface area contributed by atoms with Crippen molar-refractivity contribution >= 4 is 33.8 Å². The SMILES string of the molecule is Cc1nc2cccnc2n1Cc1ccc(C(=O)c2c(C(=O)N(C)C)[nH]c3ccccc23)cc1. The van der Waals surface area contributed by atoms with Gasteiger partial charge in [-0.05, 0) is 30.7 Å². The summed E-state index contributed by atoms with van der Waals surface area (Å²) in [6.45, 7) is 2.56. The summed E-state index contributed by atoms with van der Waals surface area (Å²) in [5, 5.41) is 0.739. The number of benzene rings is 2. The van der Waals surface area contributed by atoms with E-state index in [2.05, 4.69) is 19.5 Å². The van der Waals surface area contributed by atoms with Gasteiger partial charge in [0.25, 0.3) is 5.91 Å². The smallest absolute Gasteiger partial charge is 0.270 e. The van der Waals surface area contributed by atoms with Crippen LogP contribution in [0.25, 0.3) is 22.1 Å². The van der Waals surface area contributed by atoms with Gasteiger partial charge in [-0.1, -0.05) is 42.5 Å². The number of pyridine rings is 1. The van der Waals surface area contributed by atoms with Crippen LogP contribution in [0.2, 0.25) is 0 Å². The van der Waals surface area contributed by atoms with Crippen LogP contribution in [0.3, 0.4) is 0 Å². The highest BCUT2D eigenvalue weighted by atomic mass is 16.2. The first-order valence-corrected chi connectivity index (χ1v) is 10.7. The fourth-order valence-corrected chi connectivity index (χ4v) is 4.11. The number of aryl methyl sites for hydroxylation is 1. The molecule has 0 spiro atoms. The van der Waals surface area contributed by atoms with Crippen molar-refractivity contribution in [3.05, 3.63) is 95.1 Å². The lowest BCUT2D eigenvalue weighted by Gasteiger charge is -2.11. The predicted octanol–water partition coefficient (Wildman–Crippen LogP) is 4.20. The van der Waals surface area contributed by atoms with Crippen molar-refractivity contribution in [3.63, 3.8) is 0 Å². The molecule has 164 valence electrons. The third-order valence-corrected chi connectivity index (χ3v) is 5.80. The standard InChI is InChI=1S/C26H23N5O2/c1-16-28-21-9-6-14-27-25(21)31(16)15-17-10-12-18(13-11-17)24(32)22-19-7-4-5-8-20(19)29-23(22)26(33)30(2)3/h4-14,29H,15H2,1-3H3. The number of aromatic nitrogens is 4. The van der Waals surface area contributed by atoms with E-state index in [1.807, 2.05) is 67.6 Å². The zero-order chi connectivity index (χ0) is 23.1. The molecule has 33 heavy (non-hydrogen) atoms. The van der Waals surface area contributed by atoms with Crippen LogP contribution in [0, 0.1) is 6.92 Å². The Morgan fingerprint density at radius 1 is 1.00 bits per heavy atom. The summed E-state index contributed by atoms with van der Waals surface area (Å²) in [7, 11) is 3.35. The number of fused-ring (bicyclic) bond motifs is 2. The highest BCUT2D eigenvalue weighted by Gasteiger charge is 2.25. The molecule has 0 bridgehead atoms. The minimum absolute atomic E-state index is 0.185. The van der Waals surface area contributed by atoms with Crippen LogP contribution in [-0.4, -0.2) is 50.2 Å². The molecule has 3 heterocycles. The molecule has 0 saturated carbocycles. The van der Waals surface area contributed by atoms with Gasteiger partial charge in [0, 0.05) is 36.8 Å². The summed E-state index contributed by atoms with van der Waals surface area (Å²) >= 11 is 0. The Labute approximate surface area is 190 Å². The van der Waals surface area contributed by atoms with E-state index in [1.165, 1.54) is 4.90 Å². The first-order valence-electron chi connectivity index (χ1n) is 10.7. The maximum atomic E-state index is 13.5. The van der Waals surface area contributed by atoms with Crippen molar-refractivity contribution in [2.75, 3.05) is 14.1 Å². The highest BCUT2D eigenvalue weighted by molar-refractivity contribution is 6.21. The van der Waals surface area contributed by atoms with Gasteiger partial charge < -0.3 is 14.5 Å². The summed E-state index contributed by atoms with van der Waals surface area (Å²) in [6.07, 6.45) is 1.76. The van der Waals surface area contributed by atoms with Gasteiger partial charge in [0.2, 0.25) is 0 Å². The molecule has 7 nitrogen and oxygen atoms in total. The van der Waals surface area contributed by atoms with Crippen molar-refractivity contribution in [2.45, 2.75) is 13.5 Å². The number of nitrogens with zero attached hydrogens (tertiary/aromatic N) is 4. The molecular formula is C26H23N5O2. The second-order valence-corrected chi connectivity index (χ2v) is 8.24. The lowest BCUT2D eigenvalue weighted by atomic mass is 9.98. The quantitative estimate of drug-likeness (QED) is 0.418. The number of carbonyl (C=O) groups is 2. The zero-order valence-corrected chi connectivity index (χ0v) is 18.7. The van der Waals surface area contributed by atoms with Crippen LogP contribution in [0.5, 0.6) is 0 Å². The number of aromatic amines is 1. The maximum absolute atomic E-state index is 13.5. The molecule has 1 N–H and O–H groups in total. The topological polar surface area (TPSA) is 83.9 Å². The Bertz CT molecular complexity index is 1510. The Balaban J connectivity index is 1.49. The Kier molecular flexibility index (Phi) is 5.01. The molecule has 5 rings (SSSR count). The van der Waals surface area contributed by atoms with Crippen molar-refractivity contribution in [3.8, 4) is 0 Å². The van der Waals surface area contributed by atoms with E-state index in [1.54, 1.807) is 20.3 Å². The Morgan fingerprint density at radius 3 is 2.52 bits per heavy atom. The molecule has 7 heteroatoms. The molecule has 2 aromatic carbocycles. The zero-order valence-electron chi connectivity index (χ0n) is 18.7.